The predicted octanol–water partition coefficient (Wildman–Crippen LogP) is 4.96. The molecule has 3 aromatic rings. The molecule has 1 aliphatic rings. The number of fused-ring (bicyclic) bond motifs is 1. The van der Waals surface area contributed by atoms with Crippen molar-refractivity contribution < 1.29 is 18.7 Å². The molecule has 3 aromatic carbocycles. The first-order valence-electron chi connectivity index (χ1n) is 9.40. The van der Waals surface area contributed by atoms with Crippen LogP contribution in [0, 0.1) is 5.82 Å². The van der Waals surface area contributed by atoms with E-state index in [0.717, 1.165) is 5.56 Å². The Bertz CT molecular complexity index is 1030. The van der Waals surface area contributed by atoms with Crippen molar-refractivity contribution in [1.82, 2.24) is 0 Å². The second-order valence-corrected chi connectivity index (χ2v) is 6.54. The Hall–Kier alpha value is -3.60. The topological polar surface area (TPSA) is 38.8 Å². The number of nitrogens with zero attached hydrogens (tertiary/aromatic N) is 1. The minimum absolute atomic E-state index is 0.0236. The molecule has 0 atom stereocenters. The third kappa shape index (κ3) is 4.29. The van der Waals surface area contributed by atoms with E-state index in [4.69, 9.17) is 9.47 Å². The van der Waals surface area contributed by atoms with E-state index in [-0.39, 0.29) is 12.1 Å². The Labute approximate surface area is 168 Å². The third-order valence-corrected chi connectivity index (χ3v) is 4.58. The number of anilines is 1. The zero-order valence-electron chi connectivity index (χ0n) is 15.8. The molecule has 4 nitrogen and oxygen atoms in total. The van der Waals surface area contributed by atoms with E-state index in [2.05, 4.69) is 0 Å². The number of benzene rings is 3. The summed E-state index contributed by atoms with van der Waals surface area (Å²) in [5, 5.41) is 0. The molecule has 1 aliphatic heterocycles. The molecule has 0 saturated carbocycles. The first-order chi connectivity index (χ1) is 14.2. The van der Waals surface area contributed by atoms with Gasteiger partial charge in [0.1, 0.15) is 19.0 Å². The Balaban J connectivity index is 1.66. The summed E-state index contributed by atoms with van der Waals surface area (Å²) in [7, 11) is 0. The van der Waals surface area contributed by atoms with E-state index in [0.29, 0.717) is 30.4 Å². The van der Waals surface area contributed by atoms with Crippen LogP contribution in [0.15, 0.2) is 78.9 Å². The van der Waals surface area contributed by atoms with Crippen molar-refractivity contribution in [3.05, 3.63) is 95.8 Å². The molecule has 0 fully saturated rings. The molecule has 29 heavy (non-hydrogen) atoms. The van der Waals surface area contributed by atoms with Gasteiger partial charge in [-0.1, -0.05) is 54.6 Å². The molecule has 1 amide bonds. The summed E-state index contributed by atoms with van der Waals surface area (Å²) in [6.45, 7) is 1.22. The molecule has 0 bridgehead atoms. The van der Waals surface area contributed by atoms with Gasteiger partial charge in [-0.3, -0.25) is 4.79 Å². The van der Waals surface area contributed by atoms with Gasteiger partial charge in [0.25, 0.3) is 5.91 Å². The van der Waals surface area contributed by atoms with Crippen LogP contribution in [0.4, 0.5) is 10.1 Å². The van der Waals surface area contributed by atoms with Crippen LogP contribution < -0.4 is 14.4 Å². The maximum atomic E-state index is 14.3. The average Bonchev–Trinajstić information content (AvgIpc) is 2.77. The molecule has 0 aliphatic carbocycles. The first-order valence-corrected chi connectivity index (χ1v) is 9.40. The molecule has 5 heteroatoms. The van der Waals surface area contributed by atoms with Crippen LogP contribution in [0.2, 0.25) is 0 Å². The van der Waals surface area contributed by atoms with Gasteiger partial charge in [0.2, 0.25) is 0 Å². The zero-order valence-corrected chi connectivity index (χ0v) is 15.8. The molecular formula is C24H20FNO3. The smallest absolute Gasteiger partial charge is 0.261 e. The summed E-state index contributed by atoms with van der Waals surface area (Å²) in [5.74, 6) is 0.245. The van der Waals surface area contributed by atoms with Gasteiger partial charge in [-0.15, -0.1) is 0 Å². The van der Waals surface area contributed by atoms with Crippen molar-refractivity contribution in [2.24, 2.45) is 0 Å². The fourth-order valence-electron chi connectivity index (χ4n) is 3.14. The van der Waals surface area contributed by atoms with Gasteiger partial charge in [0, 0.05) is 18.3 Å². The lowest BCUT2D eigenvalue weighted by atomic mass is 10.1. The van der Waals surface area contributed by atoms with Gasteiger partial charge < -0.3 is 14.4 Å². The number of rotatable bonds is 5. The fraction of sp³-hybridized carbons (Fsp3) is 0.125. The van der Waals surface area contributed by atoms with E-state index in [1.54, 1.807) is 30.3 Å². The monoisotopic (exact) mass is 389 g/mol. The lowest BCUT2D eigenvalue weighted by Crippen LogP contribution is -2.32. The molecule has 1 heterocycles. The highest BCUT2D eigenvalue weighted by atomic mass is 19.1. The van der Waals surface area contributed by atoms with E-state index in [9.17, 15) is 9.18 Å². The predicted molar refractivity (Wildman–Crippen MR) is 111 cm³/mol. The van der Waals surface area contributed by atoms with Crippen molar-refractivity contribution in [3.8, 4) is 11.5 Å². The fourth-order valence-corrected chi connectivity index (χ4v) is 3.14. The average molecular weight is 389 g/mol. The molecule has 0 N–H and O–H groups in total. The molecule has 0 radical (unpaired) electrons. The van der Waals surface area contributed by atoms with Crippen LogP contribution >= 0.6 is 0 Å². The van der Waals surface area contributed by atoms with Crippen molar-refractivity contribution in [3.63, 3.8) is 0 Å². The maximum absolute atomic E-state index is 14.3. The van der Waals surface area contributed by atoms with Crippen LogP contribution in [0.3, 0.4) is 0 Å². The Kier molecular flexibility index (Phi) is 5.56. The standard InChI is InChI=1S/C24H20FNO3/c25-21-11-5-4-10-20(21)24(27)26(14-6-9-18-7-2-1-3-8-18)19-12-13-22-23(17-19)29-16-15-28-22/h1-13,17H,14-16H2/b9-6-. The zero-order chi connectivity index (χ0) is 20.1. The van der Waals surface area contributed by atoms with Gasteiger partial charge in [0.05, 0.1) is 5.56 Å². The number of carbonyl (C=O) groups excluding carboxylic acids is 1. The lowest BCUT2D eigenvalue weighted by molar-refractivity contribution is 0.0985. The number of ether oxygens (including phenoxy) is 2. The number of hydrogen-bond donors (Lipinski definition) is 0. The minimum Gasteiger partial charge on any atom is -0.486 e. The quantitative estimate of drug-likeness (QED) is 0.619. The molecule has 0 aromatic heterocycles. The second-order valence-electron chi connectivity index (χ2n) is 6.54. The third-order valence-electron chi connectivity index (χ3n) is 4.58. The van der Waals surface area contributed by atoms with E-state index >= 15 is 0 Å². The van der Waals surface area contributed by atoms with E-state index < -0.39 is 11.7 Å². The summed E-state index contributed by atoms with van der Waals surface area (Å²) in [5.41, 5.74) is 1.66. The van der Waals surface area contributed by atoms with Gasteiger partial charge in [-0.2, -0.15) is 0 Å². The summed E-state index contributed by atoms with van der Waals surface area (Å²) in [4.78, 5) is 14.7. The SMILES string of the molecule is O=C(c1ccccc1F)N(C/C=C\c1ccccc1)c1ccc2c(c1)OCCO2. The van der Waals surface area contributed by atoms with Crippen molar-refractivity contribution in [1.29, 1.82) is 0 Å². The van der Waals surface area contributed by atoms with E-state index in [1.807, 2.05) is 42.5 Å². The summed E-state index contributed by atoms with van der Waals surface area (Å²) >= 11 is 0. The van der Waals surface area contributed by atoms with Crippen LogP contribution in [-0.2, 0) is 0 Å². The molecule has 146 valence electrons. The largest absolute Gasteiger partial charge is 0.486 e. The number of carbonyl (C=O) groups is 1. The van der Waals surface area contributed by atoms with Gasteiger partial charge >= 0.3 is 0 Å². The number of hydrogen-bond acceptors (Lipinski definition) is 3. The lowest BCUT2D eigenvalue weighted by Gasteiger charge is -2.25. The molecular weight excluding hydrogens is 369 g/mol. The molecule has 4 rings (SSSR count). The Morgan fingerprint density at radius 2 is 1.66 bits per heavy atom. The highest BCUT2D eigenvalue weighted by Gasteiger charge is 2.22. The van der Waals surface area contributed by atoms with Crippen LogP contribution in [0.1, 0.15) is 15.9 Å². The summed E-state index contributed by atoms with van der Waals surface area (Å²) < 4.78 is 25.5. The van der Waals surface area contributed by atoms with Crippen LogP contribution in [0.5, 0.6) is 11.5 Å². The van der Waals surface area contributed by atoms with Gasteiger partial charge in [0.15, 0.2) is 11.5 Å². The summed E-state index contributed by atoms with van der Waals surface area (Å²) in [6, 6.07) is 21.1. The molecule has 0 unspecified atom stereocenters. The number of amides is 1. The summed E-state index contributed by atoms with van der Waals surface area (Å²) in [6.07, 6.45) is 3.81. The maximum Gasteiger partial charge on any atom is 0.261 e. The highest BCUT2D eigenvalue weighted by Crippen LogP contribution is 2.34. The Morgan fingerprint density at radius 1 is 0.931 bits per heavy atom. The second kappa shape index (κ2) is 8.61. The Morgan fingerprint density at radius 3 is 2.45 bits per heavy atom. The highest BCUT2D eigenvalue weighted by molar-refractivity contribution is 6.06. The van der Waals surface area contributed by atoms with Gasteiger partial charge in [-0.05, 0) is 29.8 Å². The van der Waals surface area contributed by atoms with Crippen molar-refractivity contribution in [2.75, 3.05) is 24.7 Å². The van der Waals surface area contributed by atoms with E-state index in [1.165, 1.54) is 17.0 Å². The number of halogens is 1. The molecule has 0 spiro atoms. The van der Waals surface area contributed by atoms with Crippen LogP contribution in [-0.4, -0.2) is 25.7 Å². The van der Waals surface area contributed by atoms with Crippen molar-refractivity contribution in [2.45, 2.75) is 0 Å². The van der Waals surface area contributed by atoms with Gasteiger partial charge in [-0.25, -0.2) is 4.39 Å². The normalized spacial score (nSPS) is 12.7. The van der Waals surface area contributed by atoms with Crippen LogP contribution in [0.25, 0.3) is 6.08 Å². The first kappa shape index (κ1) is 18.7. The van der Waals surface area contributed by atoms with Crippen molar-refractivity contribution >= 4 is 17.7 Å². The minimum atomic E-state index is -0.549. The molecule has 0 saturated heterocycles.